The minimum absolute atomic E-state index is 0.123. The van der Waals surface area contributed by atoms with Crippen molar-refractivity contribution in [2.24, 2.45) is 0 Å². The smallest absolute Gasteiger partial charge is 0.0544 e. The summed E-state index contributed by atoms with van der Waals surface area (Å²) in [5.41, 5.74) is 14.5. The maximum absolute atomic E-state index is 2.52. The van der Waals surface area contributed by atoms with Crippen LogP contribution in [0.15, 0.2) is 127 Å². The largest absolute Gasteiger partial charge is 0.309 e. The Hall–Kier alpha value is -5.14. The Balaban J connectivity index is 1.35. The van der Waals surface area contributed by atoms with Crippen molar-refractivity contribution in [2.45, 2.75) is 19.3 Å². The highest BCUT2D eigenvalue weighted by molar-refractivity contribution is 6.19. The molecule has 42 heavy (non-hydrogen) atoms. The van der Waals surface area contributed by atoms with Gasteiger partial charge in [-0.15, -0.1) is 0 Å². The minimum Gasteiger partial charge on any atom is -0.309 e. The van der Waals surface area contributed by atoms with Crippen LogP contribution in [0.1, 0.15) is 25.0 Å². The molecular weight excluding hydrogens is 506 g/mol. The quantitative estimate of drug-likeness (QED) is 0.198. The summed E-state index contributed by atoms with van der Waals surface area (Å²) in [4.78, 5) is 0. The van der Waals surface area contributed by atoms with E-state index in [1.54, 1.807) is 0 Å². The van der Waals surface area contributed by atoms with E-state index in [0.29, 0.717) is 0 Å². The summed E-state index contributed by atoms with van der Waals surface area (Å²) in [7, 11) is 0. The van der Waals surface area contributed by atoms with E-state index < -0.39 is 0 Å². The van der Waals surface area contributed by atoms with Crippen LogP contribution in [0.4, 0.5) is 0 Å². The Morgan fingerprint density at radius 1 is 0.429 bits per heavy atom. The van der Waals surface area contributed by atoms with Crippen LogP contribution in [0.25, 0.3) is 82.4 Å². The summed E-state index contributed by atoms with van der Waals surface area (Å²) in [5, 5.41) is 7.98. The van der Waals surface area contributed by atoms with E-state index >= 15 is 0 Å². The van der Waals surface area contributed by atoms with Crippen molar-refractivity contribution in [1.82, 2.24) is 4.57 Å². The van der Waals surface area contributed by atoms with Gasteiger partial charge in [-0.3, -0.25) is 0 Å². The van der Waals surface area contributed by atoms with Gasteiger partial charge in [0.1, 0.15) is 0 Å². The second kappa shape index (κ2) is 7.57. The molecule has 1 heterocycles. The monoisotopic (exact) mass is 533 g/mol. The molecule has 0 atom stereocenters. The first-order valence-electron chi connectivity index (χ1n) is 14.9. The topological polar surface area (TPSA) is 4.93 Å². The number of nitrogens with zero attached hydrogens (tertiary/aromatic N) is 1. The van der Waals surface area contributed by atoms with Gasteiger partial charge in [-0.2, -0.15) is 0 Å². The van der Waals surface area contributed by atoms with E-state index in [0.717, 1.165) is 0 Å². The third kappa shape index (κ3) is 2.61. The van der Waals surface area contributed by atoms with Gasteiger partial charge in [-0.1, -0.05) is 117 Å². The molecule has 0 N–H and O–H groups in total. The van der Waals surface area contributed by atoms with E-state index in [4.69, 9.17) is 0 Å². The Morgan fingerprint density at radius 2 is 1.07 bits per heavy atom. The average molecular weight is 534 g/mol. The van der Waals surface area contributed by atoms with E-state index in [9.17, 15) is 0 Å². The molecule has 7 aromatic carbocycles. The van der Waals surface area contributed by atoms with Crippen LogP contribution in [0.5, 0.6) is 0 Å². The highest BCUT2D eigenvalue weighted by atomic mass is 15.0. The molecular formula is C41H27N. The van der Waals surface area contributed by atoms with Gasteiger partial charge in [-0.05, 0) is 84.9 Å². The maximum atomic E-state index is 2.52. The predicted molar refractivity (Wildman–Crippen MR) is 178 cm³/mol. The minimum atomic E-state index is -0.123. The second-order valence-electron chi connectivity index (χ2n) is 12.5. The van der Waals surface area contributed by atoms with E-state index in [1.807, 2.05) is 0 Å². The molecule has 0 saturated heterocycles. The molecule has 2 aliphatic rings. The van der Waals surface area contributed by atoms with Crippen LogP contribution in [-0.2, 0) is 5.41 Å². The van der Waals surface area contributed by atoms with Crippen molar-refractivity contribution in [1.29, 1.82) is 0 Å². The summed E-state index contributed by atoms with van der Waals surface area (Å²) in [5.74, 6) is 0. The molecule has 0 saturated carbocycles. The molecule has 8 aromatic rings. The lowest BCUT2D eigenvalue weighted by molar-refractivity contribution is 0.646. The van der Waals surface area contributed by atoms with Crippen molar-refractivity contribution in [3.05, 3.63) is 139 Å². The van der Waals surface area contributed by atoms with E-state index in [2.05, 4.69) is 146 Å². The number of aromatic nitrogens is 1. The molecule has 0 fully saturated rings. The average Bonchev–Trinajstić information content (AvgIpc) is 3.53. The van der Waals surface area contributed by atoms with Gasteiger partial charge in [0, 0.05) is 21.6 Å². The van der Waals surface area contributed by atoms with E-state index in [1.165, 1.54) is 93.5 Å². The maximum Gasteiger partial charge on any atom is 0.0544 e. The summed E-state index contributed by atoms with van der Waals surface area (Å²) in [6.07, 6.45) is 0. The zero-order chi connectivity index (χ0) is 27.7. The van der Waals surface area contributed by atoms with Crippen molar-refractivity contribution in [3.8, 4) is 39.1 Å². The Bertz CT molecular complexity index is 2450. The SMILES string of the molecule is CC1(C)c2cc3c(cc2-c2cccc4cccc1c24)c1ccccc1n3-c1ccc2c3c(cccc13)-c1ccccc1-2. The second-order valence-corrected chi connectivity index (χ2v) is 12.5. The van der Waals surface area contributed by atoms with Gasteiger partial charge in [0.25, 0.3) is 0 Å². The lowest BCUT2D eigenvalue weighted by Crippen LogP contribution is -2.23. The predicted octanol–water partition coefficient (Wildman–Crippen LogP) is 11.0. The zero-order valence-electron chi connectivity index (χ0n) is 23.6. The van der Waals surface area contributed by atoms with Gasteiger partial charge in [0.2, 0.25) is 0 Å². The number of rotatable bonds is 1. The van der Waals surface area contributed by atoms with Crippen molar-refractivity contribution in [2.75, 3.05) is 0 Å². The molecule has 0 aliphatic heterocycles. The number of fused-ring (bicyclic) bond motifs is 8. The molecule has 0 radical (unpaired) electrons. The van der Waals surface area contributed by atoms with Crippen LogP contribution in [0, 0.1) is 0 Å². The number of para-hydroxylation sites is 1. The third-order valence-corrected chi connectivity index (χ3v) is 10.1. The first kappa shape index (κ1) is 22.5. The molecule has 0 spiro atoms. The van der Waals surface area contributed by atoms with Crippen molar-refractivity contribution in [3.63, 3.8) is 0 Å². The molecule has 2 aliphatic carbocycles. The molecule has 10 rings (SSSR count). The summed E-state index contributed by atoms with van der Waals surface area (Å²) in [6.45, 7) is 4.79. The van der Waals surface area contributed by atoms with Gasteiger partial charge >= 0.3 is 0 Å². The van der Waals surface area contributed by atoms with Gasteiger partial charge in [-0.25, -0.2) is 0 Å². The lowest BCUT2D eigenvalue weighted by Gasteiger charge is -2.35. The molecule has 0 amide bonds. The fraction of sp³-hybridized carbons (Fsp3) is 0.0732. The fourth-order valence-electron chi connectivity index (χ4n) is 8.23. The normalized spacial score (nSPS) is 14.1. The van der Waals surface area contributed by atoms with Crippen LogP contribution < -0.4 is 0 Å². The molecule has 0 bridgehead atoms. The van der Waals surface area contributed by atoms with Crippen LogP contribution in [0.3, 0.4) is 0 Å². The highest BCUT2D eigenvalue weighted by Gasteiger charge is 2.34. The number of hydrogen-bond donors (Lipinski definition) is 0. The van der Waals surface area contributed by atoms with Gasteiger partial charge in [0.05, 0.1) is 16.7 Å². The number of benzene rings is 7. The lowest BCUT2D eigenvalue weighted by atomic mass is 9.68. The van der Waals surface area contributed by atoms with E-state index in [-0.39, 0.29) is 5.41 Å². The molecule has 1 nitrogen and oxygen atoms in total. The molecule has 0 unspecified atom stereocenters. The Labute approximate surface area is 244 Å². The Kier molecular flexibility index (Phi) is 4.06. The van der Waals surface area contributed by atoms with Crippen molar-refractivity contribution >= 4 is 43.4 Å². The van der Waals surface area contributed by atoms with Gasteiger partial charge in [0.15, 0.2) is 0 Å². The standard InChI is InChI=1S/C41H27N/c1-41(2)34-18-8-11-24-10-7-15-29(39(24)34)32-22-33-27-14-5-6-19-36(27)42(38(33)23-35(32)41)37-21-20-30-26-13-4-3-12-25(26)28-16-9-17-31(37)40(28)30/h3-23H,1-2H3. The van der Waals surface area contributed by atoms with Crippen LogP contribution in [-0.4, -0.2) is 4.57 Å². The van der Waals surface area contributed by atoms with Crippen LogP contribution >= 0.6 is 0 Å². The fourth-order valence-corrected chi connectivity index (χ4v) is 8.23. The molecule has 1 aromatic heterocycles. The summed E-state index contributed by atoms with van der Waals surface area (Å²) >= 11 is 0. The highest BCUT2D eigenvalue weighted by Crippen LogP contribution is 2.52. The van der Waals surface area contributed by atoms with Crippen molar-refractivity contribution < 1.29 is 0 Å². The first-order valence-corrected chi connectivity index (χ1v) is 14.9. The summed E-state index contributed by atoms with van der Waals surface area (Å²) < 4.78 is 2.52. The van der Waals surface area contributed by atoms with Gasteiger partial charge < -0.3 is 4.57 Å². The number of hydrogen-bond acceptors (Lipinski definition) is 0. The molecule has 196 valence electrons. The van der Waals surface area contributed by atoms with Crippen LogP contribution in [0.2, 0.25) is 0 Å². The summed E-state index contributed by atoms with van der Waals surface area (Å²) in [6, 6.07) is 47.8. The first-order chi connectivity index (χ1) is 20.6. The zero-order valence-corrected chi connectivity index (χ0v) is 23.6. The Morgan fingerprint density at radius 3 is 1.90 bits per heavy atom. The molecule has 1 heteroatoms. The third-order valence-electron chi connectivity index (χ3n) is 10.1.